The molecule has 3 aliphatic carbocycles. The van der Waals surface area contributed by atoms with Crippen molar-refractivity contribution in [3.05, 3.63) is 0 Å². The van der Waals surface area contributed by atoms with Crippen LogP contribution in [0.4, 0.5) is 0 Å². The standard InChI is InChI=1S/C13H24/c1-3-5-13-9-6-12(4-2,7-10-13)8-11-13/h3-11H2,1-2H3. The molecular weight excluding hydrogens is 156 g/mol. The predicted octanol–water partition coefficient (Wildman–Crippen LogP) is 4.54. The highest BCUT2D eigenvalue weighted by atomic mass is 14.5. The molecule has 0 heterocycles. The van der Waals surface area contributed by atoms with Gasteiger partial charge in [0.2, 0.25) is 0 Å². The van der Waals surface area contributed by atoms with Crippen LogP contribution in [-0.2, 0) is 0 Å². The first-order valence-electron chi connectivity index (χ1n) is 6.24. The van der Waals surface area contributed by atoms with E-state index in [0.717, 1.165) is 10.8 Å². The Kier molecular flexibility index (Phi) is 2.42. The Hall–Kier alpha value is 0. The maximum absolute atomic E-state index is 2.40. The Morgan fingerprint density at radius 1 is 0.769 bits per heavy atom. The molecule has 0 spiro atoms. The van der Waals surface area contributed by atoms with E-state index >= 15 is 0 Å². The van der Waals surface area contributed by atoms with Crippen molar-refractivity contribution in [3.8, 4) is 0 Å². The first kappa shape index (κ1) is 9.55. The summed E-state index contributed by atoms with van der Waals surface area (Å²) >= 11 is 0. The van der Waals surface area contributed by atoms with E-state index in [-0.39, 0.29) is 0 Å². The minimum Gasteiger partial charge on any atom is -0.0654 e. The monoisotopic (exact) mass is 180 g/mol. The van der Waals surface area contributed by atoms with E-state index in [4.69, 9.17) is 0 Å². The first-order chi connectivity index (χ1) is 6.24. The molecule has 0 saturated heterocycles. The molecule has 2 bridgehead atoms. The summed E-state index contributed by atoms with van der Waals surface area (Å²) in [6, 6.07) is 0. The van der Waals surface area contributed by atoms with Gasteiger partial charge in [0.15, 0.2) is 0 Å². The van der Waals surface area contributed by atoms with E-state index in [1.54, 1.807) is 38.5 Å². The van der Waals surface area contributed by atoms with Crippen molar-refractivity contribution in [3.63, 3.8) is 0 Å². The van der Waals surface area contributed by atoms with Crippen molar-refractivity contribution in [2.45, 2.75) is 71.6 Å². The van der Waals surface area contributed by atoms with Crippen molar-refractivity contribution < 1.29 is 0 Å². The fraction of sp³-hybridized carbons (Fsp3) is 1.00. The van der Waals surface area contributed by atoms with Crippen LogP contribution in [0.2, 0.25) is 0 Å². The Bertz CT molecular complexity index is 156. The summed E-state index contributed by atoms with van der Waals surface area (Å²) in [5.41, 5.74) is 1.61. The summed E-state index contributed by atoms with van der Waals surface area (Å²) in [7, 11) is 0. The van der Waals surface area contributed by atoms with Crippen LogP contribution in [0.5, 0.6) is 0 Å². The SMILES string of the molecule is CCCC12CCC(CC)(CC1)CC2. The molecule has 0 aromatic heterocycles. The van der Waals surface area contributed by atoms with E-state index in [1.165, 1.54) is 19.3 Å². The third-order valence-electron chi connectivity index (χ3n) is 5.09. The van der Waals surface area contributed by atoms with Crippen LogP contribution >= 0.6 is 0 Å². The Morgan fingerprint density at radius 2 is 1.23 bits per heavy atom. The summed E-state index contributed by atoms with van der Waals surface area (Å²) in [6.07, 6.45) is 13.6. The van der Waals surface area contributed by atoms with Gasteiger partial charge in [0.05, 0.1) is 0 Å². The molecule has 0 aromatic rings. The van der Waals surface area contributed by atoms with E-state index in [2.05, 4.69) is 13.8 Å². The summed E-state index contributed by atoms with van der Waals surface area (Å²) in [6.45, 7) is 4.75. The summed E-state index contributed by atoms with van der Waals surface area (Å²) in [4.78, 5) is 0. The molecule has 0 aliphatic heterocycles. The van der Waals surface area contributed by atoms with E-state index in [1.807, 2.05) is 0 Å². The van der Waals surface area contributed by atoms with Gasteiger partial charge in [0, 0.05) is 0 Å². The molecular formula is C13H24. The van der Waals surface area contributed by atoms with Crippen LogP contribution < -0.4 is 0 Å². The fourth-order valence-corrected chi connectivity index (χ4v) is 3.78. The molecule has 0 N–H and O–H groups in total. The minimum absolute atomic E-state index is 0.801. The maximum Gasteiger partial charge on any atom is -0.0297 e. The molecule has 0 atom stereocenters. The van der Waals surface area contributed by atoms with Crippen LogP contribution in [0.25, 0.3) is 0 Å². The average molecular weight is 180 g/mol. The summed E-state index contributed by atoms with van der Waals surface area (Å²) in [5, 5.41) is 0. The van der Waals surface area contributed by atoms with E-state index in [0.29, 0.717) is 0 Å². The van der Waals surface area contributed by atoms with Crippen molar-refractivity contribution >= 4 is 0 Å². The molecule has 0 amide bonds. The van der Waals surface area contributed by atoms with Gasteiger partial charge in [0.25, 0.3) is 0 Å². The molecule has 3 rings (SSSR count). The van der Waals surface area contributed by atoms with Crippen LogP contribution in [0.3, 0.4) is 0 Å². The molecule has 0 aromatic carbocycles. The van der Waals surface area contributed by atoms with Gasteiger partial charge < -0.3 is 0 Å². The van der Waals surface area contributed by atoms with Crippen molar-refractivity contribution in [2.24, 2.45) is 10.8 Å². The van der Waals surface area contributed by atoms with Gasteiger partial charge in [0.1, 0.15) is 0 Å². The molecule has 3 aliphatic rings. The lowest BCUT2D eigenvalue weighted by molar-refractivity contribution is -0.0168. The molecule has 0 radical (unpaired) electrons. The first-order valence-corrected chi connectivity index (χ1v) is 6.24. The predicted molar refractivity (Wildman–Crippen MR) is 57.8 cm³/mol. The fourth-order valence-electron chi connectivity index (χ4n) is 3.78. The zero-order valence-corrected chi connectivity index (χ0v) is 9.36. The third-order valence-corrected chi connectivity index (χ3v) is 5.09. The van der Waals surface area contributed by atoms with Crippen molar-refractivity contribution in [2.75, 3.05) is 0 Å². The van der Waals surface area contributed by atoms with Gasteiger partial charge in [-0.2, -0.15) is 0 Å². The lowest BCUT2D eigenvalue weighted by Gasteiger charge is -2.53. The highest BCUT2D eigenvalue weighted by Crippen LogP contribution is 2.59. The molecule has 0 unspecified atom stereocenters. The molecule has 0 heteroatoms. The number of fused-ring (bicyclic) bond motifs is 3. The average Bonchev–Trinajstić information content (AvgIpc) is 2.21. The Balaban J connectivity index is 2.03. The van der Waals surface area contributed by atoms with Crippen LogP contribution in [-0.4, -0.2) is 0 Å². The molecule has 3 fully saturated rings. The second-order valence-corrected chi connectivity index (χ2v) is 5.60. The van der Waals surface area contributed by atoms with Gasteiger partial charge in [-0.15, -0.1) is 0 Å². The quantitative estimate of drug-likeness (QED) is 0.598. The summed E-state index contributed by atoms with van der Waals surface area (Å²) in [5.74, 6) is 0. The normalized spacial score (nSPS) is 43.8. The van der Waals surface area contributed by atoms with Gasteiger partial charge in [-0.1, -0.05) is 26.7 Å². The van der Waals surface area contributed by atoms with Gasteiger partial charge in [-0.3, -0.25) is 0 Å². The van der Waals surface area contributed by atoms with Gasteiger partial charge in [-0.25, -0.2) is 0 Å². The van der Waals surface area contributed by atoms with E-state index < -0.39 is 0 Å². The smallest absolute Gasteiger partial charge is 0.0297 e. The third kappa shape index (κ3) is 1.53. The topological polar surface area (TPSA) is 0 Å². The molecule has 3 saturated carbocycles. The summed E-state index contributed by atoms with van der Waals surface area (Å²) < 4.78 is 0. The van der Waals surface area contributed by atoms with Crippen molar-refractivity contribution in [1.82, 2.24) is 0 Å². The van der Waals surface area contributed by atoms with E-state index in [9.17, 15) is 0 Å². The van der Waals surface area contributed by atoms with Crippen molar-refractivity contribution in [1.29, 1.82) is 0 Å². The van der Waals surface area contributed by atoms with Gasteiger partial charge in [-0.05, 0) is 55.8 Å². The van der Waals surface area contributed by atoms with Crippen LogP contribution in [0, 0.1) is 10.8 Å². The molecule has 13 heavy (non-hydrogen) atoms. The second kappa shape index (κ2) is 3.29. The minimum atomic E-state index is 0.801. The van der Waals surface area contributed by atoms with Crippen LogP contribution in [0.15, 0.2) is 0 Å². The highest BCUT2D eigenvalue weighted by Gasteiger charge is 2.46. The maximum atomic E-state index is 2.40. The Labute approximate surface area is 83.1 Å². The number of rotatable bonds is 3. The highest BCUT2D eigenvalue weighted by molar-refractivity contribution is 4.98. The zero-order chi connectivity index (χ0) is 9.36. The largest absolute Gasteiger partial charge is 0.0654 e. The lowest BCUT2D eigenvalue weighted by Crippen LogP contribution is -2.40. The number of hydrogen-bond donors (Lipinski definition) is 0. The molecule has 76 valence electrons. The number of hydrogen-bond acceptors (Lipinski definition) is 0. The zero-order valence-electron chi connectivity index (χ0n) is 9.36. The lowest BCUT2D eigenvalue weighted by atomic mass is 9.52. The van der Waals surface area contributed by atoms with Crippen LogP contribution in [0.1, 0.15) is 71.6 Å². The Morgan fingerprint density at radius 3 is 1.62 bits per heavy atom. The van der Waals surface area contributed by atoms with Gasteiger partial charge >= 0.3 is 0 Å². The second-order valence-electron chi connectivity index (χ2n) is 5.60. The molecule has 0 nitrogen and oxygen atoms in total.